The SMILES string of the molecule is CC(=O)O[C@@]1(C(C)=O)CCC2C3CC=C4C[C@H](O)CC5(OS(=O)(=O)O5)[C@]4(C)C3CC[C@@]21C. The van der Waals surface area contributed by atoms with E-state index in [9.17, 15) is 23.1 Å². The van der Waals surface area contributed by atoms with E-state index in [0.29, 0.717) is 19.3 Å². The van der Waals surface area contributed by atoms with Gasteiger partial charge in [0.25, 0.3) is 0 Å². The number of carbonyl (C=O) groups is 2. The minimum Gasteiger partial charge on any atom is -0.451 e. The van der Waals surface area contributed by atoms with Gasteiger partial charge in [-0.05, 0) is 63.2 Å². The van der Waals surface area contributed by atoms with Gasteiger partial charge in [0.15, 0.2) is 11.4 Å². The summed E-state index contributed by atoms with van der Waals surface area (Å²) in [5.41, 5.74) is -1.30. The molecule has 4 aliphatic carbocycles. The fraction of sp³-hybridized carbons (Fsp3) is 0.826. The molecule has 0 aromatic heterocycles. The van der Waals surface area contributed by atoms with Crippen molar-refractivity contribution >= 4 is 22.2 Å². The number of hydrogen-bond acceptors (Lipinski definition) is 8. The molecule has 9 heteroatoms. The average Bonchev–Trinajstić information content (AvgIpc) is 2.94. The smallest absolute Gasteiger partial charge is 0.405 e. The Labute approximate surface area is 189 Å². The van der Waals surface area contributed by atoms with Crippen molar-refractivity contribution in [3.63, 3.8) is 0 Å². The van der Waals surface area contributed by atoms with Gasteiger partial charge >= 0.3 is 16.4 Å². The van der Waals surface area contributed by atoms with Crippen LogP contribution in [-0.2, 0) is 33.1 Å². The Kier molecular flexibility index (Phi) is 4.67. The summed E-state index contributed by atoms with van der Waals surface area (Å²) in [5.74, 6) is -1.56. The third-order valence-corrected chi connectivity index (χ3v) is 10.7. The molecule has 3 saturated carbocycles. The molecule has 1 heterocycles. The molecule has 1 saturated heterocycles. The normalized spacial score (nSPS) is 48.0. The fourth-order valence-electron chi connectivity index (χ4n) is 8.37. The van der Waals surface area contributed by atoms with Crippen LogP contribution in [0.4, 0.5) is 0 Å². The van der Waals surface area contributed by atoms with Crippen molar-refractivity contribution in [3.05, 3.63) is 11.6 Å². The largest absolute Gasteiger partial charge is 0.451 e. The standard InChI is InChI=1S/C23H32O8S/c1-13(24)22(29-14(2)25)10-8-18-17-6-5-15-11-16(26)12-23(30-32(27,28)31-23)21(15,4)19(17)7-9-20(18,22)3/h5,16-19,26H,6-12H2,1-4H3/t16-,17?,18?,19?,20-,21-,22+/m0/s1. The predicted octanol–water partition coefficient (Wildman–Crippen LogP) is 2.80. The van der Waals surface area contributed by atoms with E-state index >= 15 is 0 Å². The van der Waals surface area contributed by atoms with Crippen LogP contribution in [0.15, 0.2) is 11.6 Å². The second-order valence-corrected chi connectivity index (χ2v) is 12.1. The van der Waals surface area contributed by atoms with Crippen molar-refractivity contribution in [2.45, 2.75) is 90.1 Å². The molecule has 1 aliphatic heterocycles. The lowest BCUT2D eigenvalue weighted by Gasteiger charge is -2.64. The number of carbonyl (C=O) groups excluding carboxylic acids is 2. The molecule has 4 fully saturated rings. The van der Waals surface area contributed by atoms with Crippen LogP contribution in [-0.4, -0.2) is 42.8 Å². The summed E-state index contributed by atoms with van der Waals surface area (Å²) in [6.07, 6.45) is 5.43. The van der Waals surface area contributed by atoms with Gasteiger partial charge in [-0.15, -0.1) is 0 Å². The number of fused-ring (bicyclic) bond motifs is 6. The van der Waals surface area contributed by atoms with Gasteiger partial charge < -0.3 is 9.84 Å². The van der Waals surface area contributed by atoms with Crippen molar-refractivity contribution in [2.75, 3.05) is 0 Å². The highest BCUT2D eigenvalue weighted by Gasteiger charge is 2.74. The molecule has 5 rings (SSSR count). The van der Waals surface area contributed by atoms with Crippen LogP contribution in [0, 0.1) is 28.6 Å². The minimum atomic E-state index is -4.05. The maximum absolute atomic E-state index is 12.9. The first kappa shape index (κ1) is 22.5. The summed E-state index contributed by atoms with van der Waals surface area (Å²) in [5, 5.41) is 10.5. The van der Waals surface area contributed by atoms with Gasteiger partial charge in [0.1, 0.15) is 0 Å². The van der Waals surface area contributed by atoms with E-state index in [1.54, 1.807) is 0 Å². The first-order chi connectivity index (χ1) is 14.8. The number of allylic oxidation sites excluding steroid dienone is 1. The maximum Gasteiger partial charge on any atom is 0.405 e. The minimum absolute atomic E-state index is 0.0728. The van der Waals surface area contributed by atoms with Crippen molar-refractivity contribution in [1.29, 1.82) is 0 Å². The summed E-state index contributed by atoms with van der Waals surface area (Å²) in [6, 6.07) is 0. The molecule has 5 aliphatic rings. The highest BCUT2D eigenvalue weighted by molar-refractivity contribution is 7.82. The second-order valence-electron chi connectivity index (χ2n) is 10.9. The maximum atomic E-state index is 12.9. The van der Waals surface area contributed by atoms with Gasteiger partial charge in [-0.1, -0.05) is 25.5 Å². The van der Waals surface area contributed by atoms with E-state index in [1.807, 2.05) is 6.92 Å². The Morgan fingerprint density at radius 1 is 1.12 bits per heavy atom. The zero-order valence-corrected chi connectivity index (χ0v) is 19.9. The Morgan fingerprint density at radius 3 is 2.38 bits per heavy atom. The number of aliphatic hydroxyl groups is 1. The van der Waals surface area contributed by atoms with Gasteiger partial charge in [-0.3, -0.25) is 9.59 Å². The average molecular weight is 469 g/mol. The molecule has 0 aromatic rings. The molecule has 0 aromatic carbocycles. The van der Waals surface area contributed by atoms with Gasteiger partial charge in [-0.25, -0.2) is 8.37 Å². The van der Waals surface area contributed by atoms with E-state index in [2.05, 4.69) is 13.0 Å². The Hall–Kier alpha value is -1.29. The van der Waals surface area contributed by atoms with E-state index in [-0.39, 0.29) is 30.0 Å². The van der Waals surface area contributed by atoms with E-state index in [1.165, 1.54) is 13.8 Å². The number of Topliss-reactive ketones (excluding diaryl/α,β-unsaturated/α-hetero) is 1. The number of ether oxygens (including phenoxy) is 1. The van der Waals surface area contributed by atoms with Crippen molar-refractivity contribution in [1.82, 2.24) is 0 Å². The van der Waals surface area contributed by atoms with Crippen LogP contribution in [0.5, 0.6) is 0 Å². The lowest BCUT2D eigenvalue weighted by atomic mass is 9.45. The van der Waals surface area contributed by atoms with E-state index in [0.717, 1.165) is 24.8 Å². The number of aliphatic hydroxyl groups excluding tert-OH is 1. The molecular formula is C23H32O8S. The zero-order chi connectivity index (χ0) is 23.3. The second kappa shape index (κ2) is 6.64. The Morgan fingerprint density at radius 2 is 1.78 bits per heavy atom. The number of rotatable bonds is 2. The first-order valence-electron chi connectivity index (χ1n) is 11.5. The van der Waals surface area contributed by atoms with Gasteiger partial charge in [0.05, 0.1) is 6.10 Å². The Balaban J connectivity index is 1.56. The number of esters is 1. The molecule has 7 atom stereocenters. The molecule has 0 bridgehead atoms. The Bertz CT molecular complexity index is 1010. The molecule has 8 nitrogen and oxygen atoms in total. The molecule has 178 valence electrons. The summed E-state index contributed by atoms with van der Waals surface area (Å²) >= 11 is 0. The zero-order valence-electron chi connectivity index (χ0n) is 19.0. The van der Waals surface area contributed by atoms with E-state index in [4.69, 9.17) is 13.1 Å². The molecule has 0 radical (unpaired) electrons. The molecule has 0 amide bonds. The number of hydrogen-bond donors (Lipinski definition) is 1. The van der Waals surface area contributed by atoms with Crippen LogP contribution in [0.3, 0.4) is 0 Å². The van der Waals surface area contributed by atoms with Gasteiger partial charge in [-0.2, -0.15) is 8.42 Å². The van der Waals surface area contributed by atoms with Gasteiger partial charge in [0.2, 0.25) is 5.79 Å². The van der Waals surface area contributed by atoms with Crippen molar-refractivity contribution < 1.29 is 36.2 Å². The highest BCUT2D eigenvalue weighted by atomic mass is 32.3. The van der Waals surface area contributed by atoms with Crippen molar-refractivity contribution in [3.8, 4) is 0 Å². The van der Waals surface area contributed by atoms with Gasteiger partial charge in [0, 0.05) is 24.2 Å². The summed E-state index contributed by atoms with van der Waals surface area (Å²) < 4.78 is 40.5. The highest BCUT2D eigenvalue weighted by Crippen LogP contribution is 2.71. The topological polar surface area (TPSA) is 116 Å². The van der Waals surface area contributed by atoms with Crippen LogP contribution < -0.4 is 0 Å². The fourth-order valence-corrected chi connectivity index (χ4v) is 9.53. The summed E-state index contributed by atoms with van der Waals surface area (Å²) in [6.45, 7) is 6.96. The molecular weight excluding hydrogens is 436 g/mol. The van der Waals surface area contributed by atoms with Crippen LogP contribution in [0.1, 0.15) is 72.6 Å². The lowest BCUT2D eigenvalue weighted by Crippen LogP contribution is -2.69. The summed E-state index contributed by atoms with van der Waals surface area (Å²) in [4.78, 5) is 24.8. The summed E-state index contributed by atoms with van der Waals surface area (Å²) in [7, 11) is -4.05. The molecule has 1 spiro atoms. The third kappa shape index (κ3) is 2.62. The first-order valence-corrected chi connectivity index (χ1v) is 12.9. The van der Waals surface area contributed by atoms with Crippen molar-refractivity contribution in [2.24, 2.45) is 28.6 Å². The van der Waals surface area contributed by atoms with Crippen LogP contribution >= 0.6 is 0 Å². The third-order valence-electron chi connectivity index (χ3n) is 9.71. The molecule has 1 N–H and O–H groups in total. The van der Waals surface area contributed by atoms with E-state index < -0.39 is 44.7 Å². The number of ketones is 1. The quantitative estimate of drug-likeness (QED) is 0.486. The molecule has 3 unspecified atom stereocenters. The monoisotopic (exact) mass is 468 g/mol. The lowest BCUT2D eigenvalue weighted by molar-refractivity contribution is -0.295. The van der Waals surface area contributed by atoms with Crippen LogP contribution in [0.2, 0.25) is 0 Å². The van der Waals surface area contributed by atoms with Crippen LogP contribution in [0.25, 0.3) is 0 Å². The molecule has 32 heavy (non-hydrogen) atoms. The predicted molar refractivity (Wildman–Crippen MR) is 112 cm³/mol.